The normalized spacial score (nSPS) is 15.9. The average molecular weight is 710 g/mol. The number of quaternary nitrogens is 1. The molecule has 0 saturated carbocycles. The Morgan fingerprint density at radius 1 is 0.617 bits per heavy atom. The van der Waals surface area contributed by atoms with Crippen molar-refractivity contribution in [2.45, 2.75) is 6.54 Å². The molecule has 47 heavy (non-hydrogen) atoms. The SMILES string of the molecule is [NH3+]CC[n+]1ccc(/C=C/c2ccc3c(c2)OCCOCCOCCOCCOCCO3)c2ccccc21.[O-][Cl+3]([O-])([O-])[O-].[O-][Cl+3]([O-])([O-])[O-]. The van der Waals surface area contributed by atoms with Crippen molar-refractivity contribution in [1.29, 1.82) is 0 Å². The van der Waals surface area contributed by atoms with Crippen LogP contribution in [-0.4, -0.2) is 72.6 Å². The number of hydrogen-bond acceptors (Lipinski definition) is 14. The first-order chi connectivity index (χ1) is 22.3. The predicted molar refractivity (Wildman–Crippen MR) is 142 cm³/mol. The van der Waals surface area contributed by atoms with E-state index in [0.29, 0.717) is 77.6 Å². The fraction of sp³-hybridized carbons (Fsp3) is 0.414. The zero-order valence-corrected chi connectivity index (χ0v) is 27.0. The summed E-state index contributed by atoms with van der Waals surface area (Å²) >= 11 is 0. The van der Waals surface area contributed by atoms with Crippen LogP contribution in [0.3, 0.4) is 0 Å². The van der Waals surface area contributed by atoms with Gasteiger partial charge in [0, 0.05) is 12.1 Å². The molecular formula is C29H38Cl2N2O14. The van der Waals surface area contributed by atoms with E-state index in [9.17, 15) is 0 Å². The van der Waals surface area contributed by atoms with E-state index in [2.05, 4.69) is 59.0 Å². The molecule has 18 heteroatoms. The van der Waals surface area contributed by atoms with E-state index in [1.165, 1.54) is 10.9 Å². The minimum atomic E-state index is -4.94. The molecule has 3 N–H and O–H groups in total. The molecule has 2 heterocycles. The second-order valence-corrected chi connectivity index (χ2v) is 10.8. The lowest BCUT2D eigenvalue weighted by Crippen LogP contribution is -2.68. The van der Waals surface area contributed by atoms with Crippen molar-refractivity contribution < 1.29 is 96.5 Å². The molecule has 16 nitrogen and oxygen atoms in total. The topological polar surface area (TPSA) is 271 Å². The van der Waals surface area contributed by atoms with Gasteiger partial charge in [-0.25, -0.2) is 37.3 Å². The number of nitrogens with zero attached hydrogens (tertiary/aromatic N) is 1. The third-order valence-electron chi connectivity index (χ3n) is 5.87. The maximum absolute atomic E-state index is 8.49. The van der Waals surface area contributed by atoms with Crippen molar-refractivity contribution in [3.05, 3.63) is 65.9 Å². The van der Waals surface area contributed by atoms with Crippen molar-refractivity contribution in [1.82, 2.24) is 0 Å². The monoisotopic (exact) mass is 708 g/mol. The summed E-state index contributed by atoms with van der Waals surface area (Å²) in [6.45, 7) is 6.69. The van der Waals surface area contributed by atoms with Crippen LogP contribution in [-0.2, 0) is 25.5 Å². The Hall–Kier alpha value is -2.75. The van der Waals surface area contributed by atoms with Crippen molar-refractivity contribution in [3.8, 4) is 11.5 Å². The van der Waals surface area contributed by atoms with E-state index < -0.39 is 20.5 Å². The predicted octanol–water partition coefficient (Wildman–Crippen LogP) is -7.13. The zero-order valence-electron chi connectivity index (χ0n) is 25.5. The number of para-hydroxylation sites is 1. The first-order valence-corrected chi connectivity index (χ1v) is 16.6. The minimum absolute atomic E-state index is 0.415. The third-order valence-corrected chi connectivity index (χ3v) is 5.87. The van der Waals surface area contributed by atoms with Crippen molar-refractivity contribution >= 4 is 23.1 Å². The van der Waals surface area contributed by atoms with Crippen LogP contribution >= 0.6 is 0 Å². The van der Waals surface area contributed by atoms with Gasteiger partial charge in [0.25, 0.3) is 0 Å². The van der Waals surface area contributed by atoms with E-state index >= 15 is 0 Å². The molecule has 0 atom stereocenters. The number of halogens is 2. The molecule has 0 fully saturated rings. The molecule has 2 aromatic carbocycles. The van der Waals surface area contributed by atoms with Crippen LogP contribution in [0.2, 0.25) is 0 Å². The highest BCUT2D eigenvalue weighted by molar-refractivity contribution is 5.88. The van der Waals surface area contributed by atoms with Crippen molar-refractivity contribution in [3.63, 3.8) is 0 Å². The van der Waals surface area contributed by atoms with Crippen LogP contribution in [0.5, 0.6) is 11.5 Å². The van der Waals surface area contributed by atoms with E-state index in [1.54, 1.807) is 0 Å². The fourth-order valence-electron chi connectivity index (χ4n) is 4.05. The van der Waals surface area contributed by atoms with Crippen LogP contribution in [0.15, 0.2) is 54.7 Å². The quantitative estimate of drug-likeness (QED) is 0.247. The third kappa shape index (κ3) is 19.6. The Kier molecular flexibility index (Phi) is 18.9. The molecule has 0 spiro atoms. The van der Waals surface area contributed by atoms with Crippen LogP contribution in [0.25, 0.3) is 23.1 Å². The van der Waals surface area contributed by atoms with Crippen LogP contribution in [0, 0.1) is 20.5 Å². The molecule has 1 aliphatic rings. The Bertz CT molecular complexity index is 1310. The zero-order chi connectivity index (χ0) is 34.5. The molecule has 4 rings (SSSR count). The lowest BCUT2D eigenvalue weighted by Gasteiger charge is -2.17. The molecule has 0 aliphatic carbocycles. The second-order valence-electron chi connectivity index (χ2n) is 9.28. The van der Waals surface area contributed by atoms with E-state index in [4.69, 9.17) is 65.7 Å². The van der Waals surface area contributed by atoms with Gasteiger partial charge in [0.15, 0.2) is 24.2 Å². The molecule has 0 amide bonds. The molecule has 262 valence electrons. The van der Waals surface area contributed by atoms with Gasteiger partial charge in [-0.1, -0.05) is 30.4 Å². The highest BCUT2D eigenvalue weighted by atomic mass is 35.7. The molecule has 1 aromatic heterocycles. The Balaban J connectivity index is 0.000000670. The van der Waals surface area contributed by atoms with Crippen LogP contribution in [0.4, 0.5) is 0 Å². The van der Waals surface area contributed by atoms with Crippen molar-refractivity contribution in [2.24, 2.45) is 0 Å². The molecule has 3 aromatic rings. The Morgan fingerprint density at radius 3 is 1.64 bits per heavy atom. The van der Waals surface area contributed by atoms with Gasteiger partial charge in [-0.05, 0) is 29.3 Å². The number of pyridine rings is 1. The summed E-state index contributed by atoms with van der Waals surface area (Å²) < 4.78 is 104. The summed E-state index contributed by atoms with van der Waals surface area (Å²) in [4.78, 5) is 0. The van der Waals surface area contributed by atoms with Crippen LogP contribution < -0.4 is 57.0 Å². The standard InChI is InChI=1S/C29H37N2O6.2ClHO4/c30-10-12-31-11-9-25(26-3-1-2-4-27(26)31)7-5-24-6-8-28-29(23-24)37-22-20-35-18-16-33-14-13-32-15-17-34-19-21-36-28;2*2-1(3,4)5/h1-9,11,23H,10,12-22,30H2;2*(H,2,3,4,5)/q+1;;/p-1/b7-5+;;. The van der Waals surface area contributed by atoms with Gasteiger partial charge in [-0.3, -0.25) is 0 Å². The summed E-state index contributed by atoms with van der Waals surface area (Å²) in [5.74, 6) is 1.36. The Morgan fingerprint density at radius 2 is 1.11 bits per heavy atom. The number of aromatic nitrogens is 1. The van der Waals surface area contributed by atoms with Gasteiger partial charge in [-0.15, -0.1) is 20.5 Å². The maximum atomic E-state index is 8.49. The van der Waals surface area contributed by atoms with Gasteiger partial charge in [0.1, 0.15) is 19.8 Å². The highest BCUT2D eigenvalue weighted by Gasteiger charge is 2.11. The lowest BCUT2D eigenvalue weighted by atomic mass is 10.1. The molecule has 0 bridgehead atoms. The largest absolute Gasteiger partial charge is 0.487 e. The number of rotatable bonds is 4. The minimum Gasteiger partial charge on any atom is -0.487 e. The van der Waals surface area contributed by atoms with Gasteiger partial charge >= 0.3 is 0 Å². The molecule has 0 saturated heterocycles. The van der Waals surface area contributed by atoms with Crippen LogP contribution in [0.1, 0.15) is 11.1 Å². The number of ether oxygens (including phenoxy) is 6. The first kappa shape index (κ1) is 40.4. The number of hydrogen-bond donors (Lipinski definition) is 1. The van der Waals surface area contributed by atoms with Crippen molar-refractivity contribution in [2.75, 3.05) is 72.6 Å². The van der Waals surface area contributed by atoms with Gasteiger partial charge < -0.3 is 34.2 Å². The molecule has 1 aliphatic heterocycles. The summed E-state index contributed by atoms with van der Waals surface area (Å²) in [7, 11) is -9.89. The van der Waals surface area contributed by atoms with Gasteiger partial charge in [0.05, 0.1) is 58.2 Å². The lowest BCUT2D eigenvalue weighted by molar-refractivity contribution is -2.00. The smallest absolute Gasteiger partial charge is 0.213 e. The highest BCUT2D eigenvalue weighted by Crippen LogP contribution is 2.29. The van der Waals surface area contributed by atoms with E-state index in [0.717, 1.165) is 24.2 Å². The summed E-state index contributed by atoms with van der Waals surface area (Å²) in [5, 5.41) is 1.21. The maximum Gasteiger partial charge on any atom is 0.213 e. The van der Waals surface area contributed by atoms with E-state index in [-0.39, 0.29) is 0 Å². The summed E-state index contributed by atoms with van der Waals surface area (Å²) in [6, 6.07) is 16.6. The molecule has 0 radical (unpaired) electrons. The molecular weight excluding hydrogens is 671 g/mol. The number of benzene rings is 2. The second kappa shape index (κ2) is 22.0. The first-order valence-electron chi connectivity index (χ1n) is 14.2. The summed E-state index contributed by atoms with van der Waals surface area (Å²) in [6.07, 6.45) is 6.36. The van der Waals surface area contributed by atoms with Gasteiger partial charge in [0.2, 0.25) is 5.52 Å². The average Bonchev–Trinajstić information content (AvgIpc) is 2.99. The number of fused-ring (bicyclic) bond motifs is 2. The Labute approximate surface area is 275 Å². The fourth-order valence-corrected chi connectivity index (χ4v) is 4.05. The summed E-state index contributed by atoms with van der Waals surface area (Å²) in [5.41, 5.74) is 7.37. The van der Waals surface area contributed by atoms with Gasteiger partial charge in [-0.2, -0.15) is 4.57 Å². The van der Waals surface area contributed by atoms with E-state index in [1.807, 2.05) is 18.2 Å². The molecule has 0 unspecified atom stereocenters.